The van der Waals surface area contributed by atoms with Crippen LogP contribution in [-0.4, -0.2) is 11.0 Å². The van der Waals surface area contributed by atoms with Crippen molar-refractivity contribution in [1.82, 2.24) is 0 Å². The van der Waals surface area contributed by atoms with Crippen molar-refractivity contribution in [3.8, 4) is 5.75 Å². The van der Waals surface area contributed by atoms with Crippen molar-refractivity contribution >= 4 is 22.9 Å². The van der Waals surface area contributed by atoms with Gasteiger partial charge in [-0.05, 0) is 23.6 Å². The fourth-order valence-electron chi connectivity index (χ4n) is 1.36. The number of aromatic hydroxyl groups is 1. The van der Waals surface area contributed by atoms with Gasteiger partial charge in [-0.15, -0.1) is 11.3 Å². The number of thiophene rings is 1. The number of rotatable bonds is 3. The van der Waals surface area contributed by atoms with Crippen LogP contribution in [0.2, 0.25) is 0 Å². The third kappa shape index (κ3) is 2.84. The zero-order chi connectivity index (χ0) is 11.4. The summed E-state index contributed by atoms with van der Waals surface area (Å²) in [5, 5.41) is 13.9. The standard InChI is InChI=1S/C12H11NO2S/c14-10-4-1-3-9(7-10)13-12(15)8-11-5-2-6-16-11/h1-7,14H,8H2,(H,13,15). The molecule has 1 aromatic carbocycles. The molecule has 0 bridgehead atoms. The smallest absolute Gasteiger partial charge is 0.229 e. The van der Waals surface area contributed by atoms with E-state index in [-0.39, 0.29) is 11.7 Å². The third-order valence-electron chi connectivity index (χ3n) is 2.04. The largest absolute Gasteiger partial charge is 0.508 e. The zero-order valence-electron chi connectivity index (χ0n) is 8.51. The molecule has 1 heterocycles. The lowest BCUT2D eigenvalue weighted by Crippen LogP contribution is -2.13. The summed E-state index contributed by atoms with van der Waals surface area (Å²) in [4.78, 5) is 12.6. The summed E-state index contributed by atoms with van der Waals surface area (Å²) in [6.45, 7) is 0. The van der Waals surface area contributed by atoms with Gasteiger partial charge >= 0.3 is 0 Å². The van der Waals surface area contributed by atoms with Crippen molar-refractivity contribution in [3.05, 3.63) is 46.7 Å². The Bertz CT molecular complexity index is 480. The average molecular weight is 233 g/mol. The van der Waals surface area contributed by atoms with Gasteiger partial charge in [-0.1, -0.05) is 12.1 Å². The van der Waals surface area contributed by atoms with E-state index < -0.39 is 0 Å². The van der Waals surface area contributed by atoms with Gasteiger partial charge < -0.3 is 10.4 Å². The second kappa shape index (κ2) is 4.81. The predicted molar refractivity (Wildman–Crippen MR) is 64.8 cm³/mol. The molecule has 0 aliphatic heterocycles. The van der Waals surface area contributed by atoms with Gasteiger partial charge in [-0.2, -0.15) is 0 Å². The maximum absolute atomic E-state index is 11.6. The molecule has 2 N–H and O–H groups in total. The number of carbonyl (C=O) groups excluding carboxylic acids is 1. The molecule has 0 radical (unpaired) electrons. The summed E-state index contributed by atoms with van der Waals surface area (Å²) in [6.07, 6.45) is 0.368. The molecule has 1 amide bonds. The molecule has 0 unspecified atom stereocenters. The molecule has 4 heteroatoms. The highest BCUT2D eigenvalue weighted by atomic mass is 32.1. The topological polar surface area (TPSA) is 49.3 Å². The van der Waals surface area contributed by atoms with Gasteiger partial charge in [-0.25, -0.2) is 0 Å². The molecule has 2 rings (SSSR count). The molecule has 1 aromatic heterocycles. The third-order valence-corrected chi connectivity index (χ3v) is 2.92. The lowest BCUT2D eigenvalue weighted by Gasteiger charge is -2.04. The van der Waals surface area contributed by atoms with Crippen LogP contribution < -0.4 is 5.32 Å². The molecule has 0 saturated carbocycles. The Hall–Kier alpha value is -1.81. The first kappa shape index (κ1) is 10.7. The van der Waals surface area contributed by atoms with Gasteiger partial charge in [0, 0.05) is 16.6 Å². The Kier molecular flexibility index (Phi) is 3.22. The van der Waals surface area contributed by atoms with Crippen molar-refractivity contribution in [2.24, 2.45) is 0 Å². The maximum Gasteiger partial charge on any atom is 0.229 e. The van der Waals surface area contributed by atoms with Crippen LogP contribution in [0.5, 0.6) is 5.75 Å². The number of hydrogen-bond donors (Lipinski definition) is 2. The lowest BCUT2D eigenvalue weighted by atomic mass is 10.3. The Balaban J connectivity index is 1.97. The minimum absolute atomic E-state index is 0.0759. The molecule has 82 valence electrons. The van der Waals surface area contributed by atoms with Crippen molar-refractivity contribution in [2.75, 3.05) is 5.32 Å². The van der Waals surface area contributed by atoms with Crippen molar-refractivity contribution in [1.29, 1.82) is 0 Å². The highest BCUT2D eigenvalue weighted by Crippen LogP contribution is 2.16. The second-order valence-electron chi connectivity index (χ2n) is 3.35. The number of hydrogen-bond acceptors (Lipinski definition) is 3. The van der Waals surface area contributed by atoms with Gasteiger partial charge in [0.05, 0.1) is 6.42 Å². The lowest BCUT2D eigenvalue weighted by molar-refractivity contribution is -0.115. The molecular weight excluding hydrogens is 222 g/mol. The molecule has 0 saturated heterocycles. The summed E-state index contributed by atoms with van der Waals surface area (Å²) in [5.41, 5.74) is 0.613. The minimum Gasteiger partial charge on any atom is -0.508 e. The molecular formula is C12H11NO2S. The van der Waals surface area contributed by atoms with Gasteiger partial charge in [0.15, 0.2) is 0 Å². The molecule has 16 heavy (non-hydrogen) atoms. The number of phenols is 1. The molecule has 0 spiro atoms. The van der Waals surface area contributed by atoms with Crippen LogP contribution in [0.15, 0.2) is 41.8 Å². The predicted octanol–water partition coefficient (Wildman–Crippen LogP) is 2.63. The van der Waals surface area contributed by atoms with Crippen LogP contribution in [0.25, 0.3) is 0 Å². The van der Waals surface area contributed by atoms with E-state index in [0.29, 0.717) is 12.1 Å². The normalized spacial score (nSPS) is 10.0. The van der Waals surface area contributed by atoms with E-state index in [1.807, 2.05) is 17.5 Å². The van der Waals surface area contributed by atoms with Crippen molar-refractivity contribution in [3.63, 3.8) is 0 Å². The van der Waals surface area contributed by atoms with Gasteiger partial charge in [0.2, 0.25) is 5.91 Å². The quantitative estimate of drug-likeness (QED) is 0.856. The molecule has 0 fully saturated rings. The van der Waals surface area contributed by atoms with E-state index in [9.17, 15) is 9.90 Å². The molecule has 0 atom stereocenters. The Morgan fingerprint density at radius 1 is 1.31 bits per heavy atom. The van der Waals surface area contributed by atoms with E-state index >= 15 is 0 Å². The van der Waals surface area contributed by atoms with Gasteiger partial charge in [0.1, 0.15) is 5.75 Å². The number of anilines is 1. The summed E-state index contributed by atoms with van der Waals surface area (Å²) in [5.74, 6) is 0.0713. The Morgan fingerprint density at radius 3 is 2.88 bits per heavy atom. The molecule has 0 aliphatic rings. The average Bonchev–Trinajstić information content (AvgIpc) is 2.70. The Morgan fingerprint density at radius 2 is 2.19 bits per heavy atom. The highest BCUT2D eigenvalue weighted by molar-refractivity contribution is 7.10. The summed E-state index contributed by atoms with van der Waals surface area (Å²) in [6, 6.07) is 10.4. The SMILES string of the molecule is O=C(Cc1cccs1)Nc1cccc(O)c1. The number of nitrogens with one attached hydrogen (secondary N) is 1. The number of amides is 1. The molecule has 0 aliphatic carbocycles. The number of carbonyl (C=O) groups is 1. The summed E-state index contributed by atoms with van der Waals surface area (Å²) in [7, 11) is 0. The minimum atomic E-state index is -0.0759. The highest BCUT2D eigenvalue weighted by Gasteiger charge is 2.04. The first-order valence-corrected chi connectivity index (χ1v) is 5.73. The maximum atomic E-state index is 11.6. The van der Waals surface area contributed by atoms with Crippen LogP contribution in [0, 0.1) is 0 Å². The fourth-order valence-corrected chi connectivity index (χ4v) is 2.06. The van der Waals surface area contributed by atoms with E-state index in [0.717, 1.165) is 4.88 Å². The Labute approximate surface area is 97.4 Å². The fraction of sp³-hybridized carbons (Fsp3) is 0.0833. The monoisotopic (exact) mass is 233 g/mol. The van der Waals surface area contributed by atoms with E-state index in [2.05, 4.69) is 5.32 Å². The summed E-state index contributed by atoms with van der Waals surface area (Å²) >= 11 is 1.55. The van der Waals surface area contributed by atoms with Crippen LogP contribution in [0.1, 0.15) is 4.88 Å². The summed E-state index contributed by atoms with van der Waals surface area (Å²) < 4.78 is 0. The van der Waals surface area contributed by atoms with E-state index in [1.165, 1.54) is 6.07 Å². The molecule has 2 aromatic rings. The van der Waals surface area contributed by atoms with Crippen LogP contribution in [-0.2, 0) is 11.2 Å². The number of phenolic OH excluding ortho intramolecular Hbond substituents is 1. The van der Waals surface area contributed by atoms with E-state index in [1.54, 1.807) is 29.5 Å². The first-order chi connectivity index (χ1) is 7.74. The van der Waals surface area contributed by atoms with E-state index in [4.69, 9.17) is 0 Å². The van der Waals surface area contributed by atoms with Gasteiger partial charge in [-0.3, -0.25) is 4.79 Å². The van der Waals surface area contributed by atoms with Crippen molar-refractivity contribution in [2.45, 2.75) is 6.42 Å². The first-order valence-electron chi connectivity index (χ1n) is 4.85. The van der Waals surface area contributed by atoms with Crippen LogP contribution in [0.3, 0.4) is 0 Å². The zero-order valence-corrected chi connectivity index (χ0v) is 9.33. The number of benzene rings is 1. The van der Waals surface area contributed by atoms with Crippen LogP contribution >= 0.6 is 11.3 Å². The van der Waals surface area contributed by atoms with Gasteiger partial charge in [0.25, 0.3) is 0 Å². The second-order valence-corrected chi connectivity index (χ2v) is 4.39. The van der Waals surface area contributed by atoms with Crippen molar-refractivity contribution < 1.29 is 9.90 Å². The van der Waals surface area contributed by atoms with Crippen LogP contribution in [0.4, 0.5) is 5.69 Å². The molecule has 3 nitrogen and oxygen atoms in total.